The minimum atomic E-state index is -0.248. The number of hydrogen-bond donors (Lipinski definition) is 0. The van der Waals surface area contributed by atoms with Crippen molar-refractivity contribution >= 4 is 17.3 Å². The Morgan fingerprint density at radius 3 is 2.44 bits per heavy atom. The molecule has 2 aromatic carbocycles. The van der Waals surface area contributed by atoms with Gasteiger partial charge in [-0.2, -0.15) is 9.50 Å². The summed E-state index contributed by atoms with van der Waals surface area (Å²) in [6.45, 7) is 9.97. The molecule has 2 aromatic heterocycles. The number of benzene rings is 2. The summed E-state index contributed by atoms with van der Waals surface area (Å²) >= 11 is 0. The fourth-order valence-corrected chi connectivity index (χ4v) is 4.38. The van der Waals surface area contributed by atoms with Crippen molar-refractivity contribution in [2.75, 3.05) is 36.0 Å². The molecular weight excluding hydrogens is 403 g/mol. The zero-order chi connectivity index (χ0) is 22.2. The van der Waals surface area contributed by atoms with Gasteiger partial charge in [-0.05, 0) is 55.7 Å². The highest BCUT2D eigenvalue weighted by atomic mass is 19.1. The second kappa shape index (κ2) is 8.22. The Morgan fingerprint density at radius 2 is 1.66 bits per heavy atom. The molecule has 0 saturated carbocycles. The largest absolute Gasteiger partial charge is 0.368 e. The standard InChI is InChI=1S/C25H27FN6/c1-17-7-8-18(2)22(13-17)30-9-11-31(12-10-30)24-14-19(3)27-25-28-23(29-32(24)25)16-20-5-4-6-21(26)15-20/h4-8,13-15H,9-12,16H2,1-3H3. The molecule has 0 amide bonds. The number of rotatable bonds is 4. The molecule has 7 heteroatoms. The maximum Gasteiger partial charge on any atom is 0.254 e. The fourth-order valence-electron chi connectivity index (χ4n) is 4.38. The number of nitrogens with zero attached hydrogens (tertiary/aromatic N) is 6. The molecule has 1 fully saturated rings. The van der Waals surface area contributed by atoms with Crippen LogP contribution in [0.3, 0.4) is 0 Å². The minimum absolute atomic E-state index is 0.248. The first-order valence-electron chi connectivity index (χ1n) is 11.0. The lowest BCUT2D eigenvalue weighted by atomic mass is 10.1. The van der Waals surface area contributed by atoms with Crippen LogP contribution in [0.1, 0.15) is 28.2 Å². The van der Waals surface area contributed by atoms with Crippen LogP contribution in [0.25, 0.3) is 5.78 Å². The highest BCUT2D eigenvalue weighted by Crippen LogP contribution is 2.25. The van der Waals surface area contributed by atoms with Crippen molar-refractivity contribution in [3.63, 3.8) is 0 Å². The van der Waals surface area contributed by atoms with Crippen molar-refractivity contribution in [1.29, 1.82) is 0 Å². The van der Waals surface area contributed by atoms with Crippen LogP contribution in [0, 0.1) is 26.6 Å². The molecule has 0 N–H and O–H groups in total. The van der Waals surface area contributed by atoms with Crippen molar-refractivity contribution in [2.45, 2.75) is 27.2 Å². The molecule has 0 atom stereocenters. The highest BCUT2D eigenvalue weighted by molar-refractivity contribution is 5.57. The zero-order valence-electron chi connectivity index (χ0n) is 18.7. The van der Waals surface area contributed by atoms with E-state index in [1.165, 1.54) is 28.9 Å². The van der Waals surface area contributed by atoms with Gasteiger partial charge in [0.1, 0.15) is 11.6 Å². The van der Waals surface area contributed by atoms with Crippen molar-refractivity contribution < 1.29 is 4.39 Å². The van der Waals surface area contributed by atoms with Gasteiger partial charge in [0.2, 0.25) is 0 Å². The predicted molar refractivity (Wildman–Crippen MR) is 125 cm³/mol. The number of fused-ring (bicyclic) bond motifs is 1. The average Bonchev–Trinajstić information content (AvgIpc) is 3.17. The first-order valence-corrected chi connectivity index (χ1v) is 11.0. The molecule has 3 heterocycles. The van der Waals surface area contributed by atoms with E-state index in [0.717, 1.165) is 43.3 Å². The number of anilines is 2. The highest BCUT2D eigenvalue weighted by Gasteiger charge is 2.22. The van der Waals surface area contributed by atoms with Gasteiger partial charge in [0.25, 0.3) is 5.78 Å². The Morgan fingerprint density at radius 1 is 0.875 bits per heavy atom. The predicted octanol–water partition coefficient (Wildman–Crippen LogP) is 4.11. The van der Waals surface area contributed by atoms with Crippen molar-refractivity contribution in [2.24, 2.45) is 0 Å². The number of aromatic nitrogens is 4. The summed E-state index contributed by atoms with van der Waals surface area (Å²) in [7, 11) is 0. The Bertz CT molecular complexity index is 1270. The summed E-state index contributed by atoms with van der Waals surface area (Å²) in [6, 6.07) is 15.3. The Kier molecular flexibility index (Phi) is 5.25. The molecule has 0 aliphatic carbocycles. The lowest BCUT2D eigenvalue weighted by molar-refractivity contribution is 0.625. The zero-order valence-corrected chi connectivity index (χ0v) is 18.7. The molecule has 4 aromatic rings. The lowest BCUT2D eigenvalue weighted by Gasteiger charge is -2.38. The van der Waals surface area contributed by atoms with Crippen LogP contribution >= 0.6 is 0 Å². The van der Waals surface area contributed by atoms with Crippen LogP contribution < -0.4 is 9.80 Å². The van der Waals surface area contributed by atoms with E-state index < -0.39 is 0 Å². The molecule has 1 aliphatic rings. The summed E-state index contributed by atoms with van der Waals surface area (Å²) in [6.07, 6.45) is 0.472. The van der Waals surface area contributed by atoms with E-state index in [0.29, 0.717) is 18.0 Å². The van der Waals surface area contributed by atoms with Gasteiger partial charge in [-0.1, -0.05) is 24.3 Å². The van der Waals surface area contributed by atoms with E-state index in [-0.39, 0.29) is 5.82 Å². The van der Waals surface area contributed by atoms with Gasteiger partial charge in [0.05, 0.1) is 0 Å². The molecule has 0 spiro atoms. The van der Waals surface area contributed by atoms with Gasteiger partial charge in [0.15, 0.2) is 5.82 Å². The molecule has 0 bridgehead atoms. The van der Waals surface area contributed by atoms with Crippen molar-refractivity contribution in [1.82, 2.24) is 19.6 Å². The quantitative estimate of drug-likeness (QED) is 0.488. The normalized spacial score (nSPS) is 14.4. The topological polar surface area (TPSA) is 49.6 Å². The van der Waals surface area contributed by atoms with Crippen LogP contribution in [-0.4, -0.2) is 45.8 Å². The summed E-state index contributed by atoms with van der Waals surface area (Å²) in [5.74, 6) is 1.99. The smallest absolute Gasteiger partial charge is 0.254 e. The third kappa shape index (κ3) is 4.02. The monoisotopic (exact) mass is 430 g/mol. The lowest BCUT2D eigenvalue weighted by Crippen LogP contribution is -2.47. The second-order valence-corrected chi connectivity index (χ2v) is 8.57. The van der Waals surface area contributed by atoms with Gasteiger partial charge in [0, 0.05) is 50.0 Å². The molecule has 1 aliphatic heterocycles. The molecule has 32 heavy (non-hydrogen) atoms. The van der Waals surface area contributed by atoms with Gasteiger partial charge < -0.3 is 9.80 Å². The van der Waals surface area contributed by atoms with Gasteiger partial charge in [-0.25, -0.2) is 9.37 Å². The van der Waals surface area contributed by atoms with Crippen LogP contribution in [0.2, 0.25) is 0 Å². The summed E-state index contributed by atoms with van der Waals surface area (Å²) < 4.78 is 15.4. The molecule has 1 saturated heterocycles. The molecule has 164 valence electrons. The van der Waals surface area contributed by atoms with Gasteiger partial charge in [-0.15, -0.1) is 5.10 Å². The van der Waals surface area contributed by atoms with E-state index in [4.69, 9.17) is 5.10 Å². The fraction of sp³-hybridized carbons (Fsp3) is 0.320. The van der Waals surface area contributed by atoms with Gasteiger partial charge in [-0.3, -0.25) is 0 Å². The van der Waals surface area contributed by atoms with Gasteiger partial charge >= 0.3 is 0 Å². The van der Waals surface area contributed by atoms with Crippen LogP contribution in [0.5, 0.6) is 0 Å². The Hall–Kier alpha value is -3.48. The van der Waals surface area contributed by atoms with Crippen LogP contribution in [0.4, 0.5) is 15.9 Å². The van der Waals surface area contributed by atoms with E-state index >= 15 is 0 Å². The molecule has 0 unspecified atom stereocenters. The number of halogens is 1. The van der Waals surface area contributed by atoms with Crippen molar-refractivity contribution in [3.05, 3.63) is 82.6 Å². The Labute approximate surface area is 187 Å². The number of piperazine rings is 1. The average molecular weight is 431 g/mol. The van der Waals surface area contributed by atoms with E-state index in [9.17, 15) is 4.39 Å². The summed E-state index contributed by atoms with van der Waals surface area (Å²) in [5, 5.41) is 4.72. The number of aryl methyl sites for hydroxylation is 3. The molecule has 0 radical (unpaired) electrons. The third-order valence-corrected chi connectivity index (χ3v) is 6.03. The SMILES string of the molecule is Cc1ccc(C)c(N2CCN(c3cc(C)nc4nc(Cc5cccc(F)c5)nn34)CC2)c1. The van der Waals surface area contributed by atoms with E-state index in [2.05, 4.69) is 57.9 Å². The van der Waals surface area contributed by atoms with Crippen LogP contribution in [-0.2, 0) is 6.42 Å². The van der Waals surface area contributed by atoms with E-state index in [1.54, 1.807) is 6.07 Å². The maximum absolute atomic E-state index is 13.6. The van der Waals surface area contributed by atoms with E-state index in [1.807, 2.05) is 17.5 Å². The molecular formula is C25H27FN6. The van der Waals surface area contributed by atoms with Crippen LogP contribution in [0.15, 0.2) is 48.5 Å². The third-order valence-electron chi connectivity index (χ3n) is 6.03. The Balaban J connectivity index is 1.39. The number of hydrogen-bond acceptors (Lipinski definition) is 5. The summed E-state index contributed by atoms with van der Waals surface area (Å²) in [5.41, 5.74) is 5.67. The summed E-state index contributed by atoms with van der Waals surface area (Å²) in [4.78, 5) is 14.0. The second-order valence-electron chi connectivity index (χ2n) is 8.57. The minimum Gasteiger partial charge on any atom is -0.368 e. The first kappa shape index (κ1) is 20.4. The molecule has 5 rings (SSSR count). The maximum atomic E-state index is 13.6. The first-order chi connectivity index (χ1) is 15.5. The molecule has 6 nitrogen and oxygen atoms in total. The van der Waals surface area contributed by atoms with Crippen molar-refractivity contribution in [3.8, 4) is 0 Å².